The Morgan fingerprint density at radius 2 is 1.72 bits per heavy atom. The molecule has 1 heteroatoms. The van der Waals surface area contributed by atoms with E-state index in [-0.39, 0.29) is 0 Å². The van der Waals surface area contributed by atoms with E-state index in [9.17, 15) is 0 Å². The molecule has 0 saturated heterocycles. The third-order valence-corrected chi connectivity index (χ3v) is 4.62. The van der Waals surface area contributed by atoms with Crippen LogP contribution in [0.2, 0.25) is 0 Å². The van der Waals surface area contributed by atoms with Crippen LogP contribution in [0.5, 0.6) is 0 Å². The van der Waals surface area contributed by atoms with E-state index in [1.54, 1.807) is 0 Å². The lowest BCUT2D eigenvalue weighted by Gasteiger charge is -2.37. The van der Waals surface area contributed by atoms with E-state index in [2.05, 4.69) is 26.1 Å². The number of rotatable bonds is 9. The molecule has 3 atom stereocenters. The van der Waals surface area contributed by atoms with Crippen LogP contribution in [0.4, 0.5) is 0 Å². The first-order valence-corrected chi connectivity index (χ1v) is 8.55. The van der Waals surface area contributed by atoms with E-state index >= 15 is 0 Å². The average molecular weight is 253 g/mol. The summed E-state index contributed by atoms with van der Waals surface area (Å²) in [6.45, 7) is 8.15. The molecule has 0 aromatic carbocycles. The highest BCUT2D eigenvalue weighted by molar-refractivity contribution is 4.84. The third-order valence-electron chi connectivity index (χ3n) is 4.62. The van der Waals surface area contributed by atoms with Gasteiger partial charge in [-0.25, -0.2) is 0 Å². The summed E-state index contributed by atoms with van der Waals surface area (Å²) in [7, 11) is 0. The summed E-state index contributed by atoms with van der Waals surface area (Å²) in [5, 5.41) is 3.81. The topological polar surface area (TPSA) is 12.0 Å². The van der Waals surface area contributed by atoms with Crippen molar-refractivity contribution in [1.82, 2.24) is 5.32 Å². The summed E-state index contributed by atoms with van der Waals surface area (Å²) >= 11 is 0. The van der Waals surface area contributed by atoms with E-state index in [0.29, 0.717) is 0 Å². The smallest absolute Gasteiger partial charge is 0.00955 e. The molecule has 1 aliphatic carbocycles. The highest BCUT2D eigenvalue weighted by atomic mass is 14.9. The summed E-state index contributed by atoms with van der Waals surface area (Å²) < 4.78 is 0. The standard InChI is InChI=1S/C17H35N/c1-4-7-8-10-16-14-15(9-5-2)11-12-17(16)18-13-6-3/h15-18H,4-14H2,1-3H3. The second kappa shape index (κ2) is 9.83. The lowest BCUT2D eigenvalue weighted by molar-refractivity contribution is 0.182. The monoisotopic (exact) mass is 253 g/mol. The Hall–Kier alpha value is -0.0400. The van der Waals surface area contributed by atoms with Crippen LogP contribution in [0.3, 0.4) is 0 Å². The van der Waals surface area contributed by atoms with Gasteiger partial charge in [0.05, 0.1) is 0 Å². The second-order valence-corrected chi connectivity index (χ2v) is 6.28. The van der Waals surface area contributed by atoms with Crippen LogP contribution >= 0.6 is 0 Å². The predicted molar refractivity (Wildman–Crippen MR) is 82.0 cm³/mol. The zero-order valence-corrected chi connectivity index (χ0v) is 13.0. The molecular weight excluding hydrogens is 218 g/mol. The quantitative estimate of drug-likeness (QED) is 0.560. The van der Waals surface area contributed by atoms with Crippen LogP contribution in [0, 0.1) is 11.8 Å². The van der Waals surface area contributed by atoms with Gasteiger partial charge in [-0.3, -0.25) is 0 Å². The molecule has 18 heavy (non-hydrogen) atoms. The van der Waals surface area contributed by atoms with Crippen LogP contribution in [0.25, 0.3) is 0 Å². The Bertz CT molecular complexity index is 190. The molecule has 3 unspecified atom stereocenters. The minimum atomic E-state index is 0.829. The minimum Gasteiger partial charge on any atom is -0.314 e. The maximum Gasteiger partial charge on any atom is 0.00955 e. The highest BCUT2D eigenvalue weighted by Crippen LogP contribution is 2.35. The fraction of sp³-hybridized carbons (Fsp3) is 1.00. The minimum absolute atomic E-state index is 0.829. The first kappa shape index (κ1) is 16.0. The molecule has 1 nitrogen and oxygen atoms in total. The molecule has 0 radical (unpaired) electrons. The Balaban J connectivity index is 2.38. The van der Waals surface area contributed by atoms with Crippen molar-refractivity contribution < 1.29 is 0 Å². The van der Waals surface area contributed by atoms with Crippen molar-refractivity contribution >= 4 is 0 Å². The summed E-state index contributed by atoms with van der Waals surface area (Å²) in [5.41, 5.74) is 0. The van der Waals surface area contributed by atoms with E-state index in [1.165, 1.54) is 70.8 Å². The molecule has 1 N–H and O–H groups in total. The van der Waals surface area contributed by atoms with Crippen molar-refractivity contribution in [3.05, 3.63) is 0 Å². The van der Waals surface area contributed by atoms with Gasteiger partial charge in [0, 0.05) is 6.04 Å². The first-order chi connectivity index (χ1) is 8.81. The summed E-state index contributed by atoms with van der Waals surface area (Å²) in [5.74, 6) is 2.00. The molecule has 0 aromatic rings. The Labute approximate surface area is 115 Å². The van der Waals surface area contributed by atoms with Gasteiger partial charge in [0.15, 0.2) is 0 Å². The number of hydrogen-bond acceptors (Lipinski definition) is 1. The molecule has 1 aliphatic rings. The van der Waals surface area contributed by atoms with Gasteiger partial charge in [-0.1, -0.05) is 52.9 Å². The fourth-order valence-corrected chi connectivity index (χ4v) is 3.61. The summed E-state index contributed by atoms with van der Waals surface area (Å²) in [4.78, 5) is 0. The predicted octanol–water partition coefficient (Wildman–Crippen LogP) is 5.15. The molecule has 0 aromatic heterocycles. The van der Waals surface area contributed by atoms with Gasteiger partial charge in [0.2, 0.25) is 0 Å². The van der Waals surface area contributed by atoms with Crippen LogP contribution in [0.15, 0.2) is 0 Å². The lowest BCUT2D eigenvalue weighted by Crippen LogP contribution is -2.41. The summed E-state index contributed by atoms with van der Waals surface area (Å²) in [6.07, 6.45) is 14.2. The van der Waals surface area contributed by atoms with Gasteiger partial charge < -0.3 is 5.32 Å². The Morgan fingerprint density at radius 3 is 2.39 bits per heavy atom. The van der Waals surface area contributed by atoms with Crippen LogP contribution in [-0.2, 0) is 0 Å². The SMILES string of the molecule is CCCCCC1CC(CCC)CCC1NCCC. The van der Waals surface area contributed by atoms with E-state index in [1.807, 2.05) is 0 Å². The van der Waals surface area contributed by atoms with Gasteiger partial charge in [0.25, 0.3) is 0 Å². The maximum absolute atomic E-state index is 3.81. The second-order valence-electron chi connectivity index (χ2n) is 6.28. The average Bonchev–Trinajstić information content (AvgIpc) is 2.38. The first-order valence-electron chi connectivity index (χ1n) is 8.55. The molecular formula is C17H35N. The van der Waals surface area contributed by atoms with Crippen molar-refractivity contribution in [1.29, 1.82) is 0 Å². The molecule has 108 valence electrons. The van der Waals surface area contributed by atoms with Crippen molar-refractivity contribution in [3.8, 4) is 0 Å². The summed E-state index contributed by atoms with van der Waals surface area (Å²) in [6, 6.07) is 0.829. The Morgan fingerprint density at radius 1 is 0.889 bits per heavy atom. The van der Waals surface area contributed by atoms with Gasteiger partial charge >= 0.3 is 0 Å². The van der Waals surface area contributed by atoms with Crippen molar-refractivity contribution in [2.45, 2.75) is 91.0 Å². The molecule has 1 saturated carbocycles. The largest absolute Gasteiger partial charge is 0.314 e. The van der Waals surface area contributed by atoms with Gasteiger partial charge in [-0.15, -0.1) is 0 Å². The molecule has 0 spiro atoms. The van der Waals surface area contributed by atoms with Crippen LogP contribution in [0.1, 0.15) is 85.0 Å². The highest BCUT2D eigenvalue weighted by Gasteiger charge is 2.28. The zero-order valence-electron chi connectivity index (χ0n) is 13.0. The van der Waals surface area contributed by atoms with E-state index in [0.717, 1.165) is 17.9 Å². The normalized spacial score (nSPS) is 28.5. The number of hydrogen-bond donors (Lipinski definition) is 1. The number of unbranched alkanes of at least 4 members (excludes halogenated alkanes) is 2. The van der Waals surface area contributed by atoms with Crippen molar-refractivity contribution in [3.63, 3.8) is 0 Å². The zero-order chi connectivity index (χ0) is 13.2. The maximum atomic E-state index is 3.81. The van der Waals surface area contributed by atoms with Gasteiger partial charge in [-0.05, 0) is 50.5 Å². The molecule has 0 heterocycles. The molecule has 1 rings (SSSR count). The lowest BCUT2D eigenvalue weighted by atomic mass is 9.74. The molecule has 0 bridgehead atoms. The van der Waals surface area contributed by atoms with Crippen LogP contribution < -0.4 is 5.32 Å². The van der Waals surface area contributed by atoms with E-state index < -0.39 is 0 Å². The van der Waals surface area contributed by atoms with Crippen LogP contribution in [-0.4, -0.2) is 12.6 Å². The van der Waals surface area contributed by atoms with E-state index in [4.69, 9.17) is 0 Å². The van der Waals surface area contributed by atoms with Gasteiger partial charge in [-0.2, -0.15) is 0 Å². The molecule has 0 amide bonds. The van der Waals surface area contributed by atoms with Crippen molar-refractivity contribution in [2.24, 2.45) is 11.8 Å². The third kappa shape index (κ3) is 5.73. The fourth-order valence-electron chi connectivity index (χ4n) is 3.61. The molecule has 1 fully saturated rings. The van der Waals surface area contributed by atoms with Crippen molar-refractivity contribution in [2.75, 3.05) is 6.54 Å². The molecule has 0 aliphatic heterocycles. The Kier molecular flexibility index (Phi) is 8.75. The number of nitrogens with one attached hydrogen (secondary N) is 1. The van der Waals surface area contributed by atoms with Gasteiger partial charge in [0.1, 0.15) is 0 Å².